The second-order valence-electron chi connectivity index (χ2n) is 4.20. The minimum atomic E-state index is -0.867. The number of amides is 1. The van der Waals surface area contributed by atoms with Gasteiger partial charge in [-0.15, -0.1) is 0 Å². The molecular weight excluding hydrogens is 248 g/mol. The Kier molecular flexibility index (Phi) is 4.74. The highest BCUT2D eigenvalue weighted by Gasteiger charge is 2.22. The van der Waals surface area contributed by atoms with Crippen LogP contribution in [0.2, 0.25) is 0 Å². The fraction of sp³-hybridized carbons (Fsp3) is 0.385. The summed E-state index contributed by atoms with van der Waals surface area (Å²) >= 11 is 0. The third-order valence-electron chi connectivity index (χ3n) is 2.58. The van der Waals surface area contributed by atoms with E-state index in [2.05, 4.69) is 0 Å². The van der Waals surface area contributed by atoms with E-state index >= 15 is 0 Å². The van der Waals surface area contributed by atoms with Gasteiger partial charge in [0, 0.05) is 14.1 Å². The molecule has 1 aromatic carbocycles. The largest absolute Gasteiger partial charge is 0.495 e. The first-order valence-corrected chi connectivity index (χ1v) is 5.73. The Bertz CT molecular complexity index is 486. The molecule has 0 aliphatic carbocycles. The van der Waals surface area contributed by atoms with E-state index < -0.39 is 12.1 Å². The lowest BCUT2D eigenvalue weighted by Crippen LogP contribution is -2.35. The average molecular weight is 266 g/mol. The maximum absolute atomic E-state index is 11.9. The first kappa shape index (κ1) is 14.8. The van der Waals surface area contributed by atoms with Gasteiger partial charge in [0.15, 0.2) is 6.10 Å². The van der Waals surface area contributed by atoms with Crippen LogP contribution in [-0.4, -0.2) is 44.1 Å². The molecule has 0 spiro atoms. The van der Waals surface area contributed by atoms with Crippen LogP contribution in [0.1, 0.15) is 17.3 Å². The monoisotopic (exact) mass is 266 g/mol. The van der Waals surface area contributed by atoms with Crippen LogP contribution in [0.5, 0.6) is 5.75 Å². The summed E-state index contributed by atoms with van der Waals surface area (Å²) in [5.74, 6) is -0.560. The predicted molar refractivity (Wildman–Crippen MR) is 71.0 cm³/mol. The number of nitrogen functional groups attached to an aromatic ring is 1. The first-order chi connectivity index (χ1) is 8.88. The number of para-hydroxylation sites is 1. The van der Waals surface area contributed by atoms with Crippen molar-refractivity contribution in [2.75, 3.05) is 26.9 Å². The molecule has 0 radical (unpaired) electrons. The van der Waals surface area contributed by atoms with E-state index in [9.17, 15) is 9.59 Å². The molecule has 0 fully saturated rings. The molecule has 0 heterocycles. The highest BCUT2D eigenvalue weighted by Crippen LogP contribution is 2.25. The Labute approximate surface area is 112 Å². The van der Waals surface area contributed by atoms with Gasteiger partial charge in [-0.05, 0) is 19.1 Å². The van der Waals surface area contributed by atoms with E-state index in [1.54, 1.807) is 26.2 Å². The van der Waals surface area contributed by atoms with Crippen molar-refractivity contribution in [3.63, 3.8) is 0 Å². The van der Waals surface area contributed by atoms with E-state index in [-0.39, 0.29) is 17.2 Å². The van der Waals surface area contributed by atoms with Crippen LogP contribution in [0.15, 0.2) is 18.2 Å². The van der Waals surface area contributed by atoms with Gasteiger partial charge in [-0.1, -0.05) is 6.07 Å². The van der Waals surface area contributed by atoms with Crippen molar-refractivity contribution < 1.29 is 19.1 Å². The van der Waals surface area contributed by atoms with Gasteiger partial charge in [-0.3, -0.25) is 4.79 Å². The number of ether oxygens (including phenoxy) is 2. The number of likely N-dealkylation sites (N-methyl/N-ethyl adjacent to an activating group) is 1. The van der Waals surface area contributed by atoms with Crippen LogP contribution in [-0.2, 0) is 9.53 Å². The van der Waals surface area contributed by atoms with Crippen molar-refractivity contribution in [3.8, 4) is 5.75 Å². The van der Waals surface area contributed by atoms with Gasteiger partial charge in [-0.25, -0.2) is 4.79 Å². The molecule has 0 bridgehead atoms. The van der Waals surface area contributed by atoms with Crippen LogP contribution in [0, 0.1) is 0 Å². The SMILES string of the molecule is COc1cccc(C(=O)OC(C)C(=O)N(C)C)c1N. The number of carbonyl (C=O) groups is 2. The third-order valence-corrected chi connectivity index (χ3v) is 2.58. The minimum absolute atomic E-state index is 0.178. The molecule has 0 aliphatic heterocycles. The highest BCUT2D eigenvalue weighted by atomic mass is 16.5. The van der Waals surface area contributed by atoms with Gasteiger partial charge in [0.25, 0.3) is 5.91 Å². The fourth-order valence-electron chi connectivity index (χ4n) is 1.54. The van der Waals surface area contributed by atoms with Gasteiger partial charge >= 0.3 is 5.97 Å². The van der Waals surface area contributed by atoms with Gasteiger partial charge in [-0.2, -0.15) is 0 Å². The van der Waals surface area contributed by atoms with Crippen molar-refractivity contribution in [2.45, 2.75) is 13.0 Å². The zero-order valence-electron chi connectivity index (χ0n) is 11.5. The normalized spacial score (nSPS) is 11.6. The molecule has 0 aliphatic rings. The fourth-order valence-corrected chi connectivity index (χ4v) is 1.54. The Morgan fingerprint density at radius 3 is 2.47 bits per heavy atom. The number of hydrogen-bond acceptors (Lipinski definition) is 5. The lowest BCUT2D eigenvalue weighted by molar-refractivity contribution is -0.137. The number of nitrogens with two attached hydrogens (primary N) is 1. The number of esters is 1. The molecule has 0 saturated carbocycles. The quantitative estimate of drug-likeness (QED) is 0.647. The van der Waals surface area contributed by atoms with Crippen LogP contribution in [0.3, 0.4) is 0 Å². The molecule has 19 heavy (non-hydrogen) atoms. The summed E-state index contributed by atoms with van der Waals surface area (Å²) in [6.45, 7) is 1.51. The number of anilines is 1. The second-order valence-corrected chi connectivity index (χ2v) is 4.20. The van der Waals surface area contributed by atoms with Crippen molar-refractivity contribution in [1.82, 2.24) is 4.90 Å². The maximum atomic E-state index is 11.9. The van der Waals surface area contributed by atoms with Crippen LogP contribution >= 0.6 is 0 Å². The smallest absolute Gasteiger partial charge is 0.341 e. The highest BCUT2D eigenvalue weighted by molar-refractivity contribution is 5.98. The Morgan fingerprint density at radius 1 is 1.32 bits per heavy atom. The molecule has 2 N–H and O–H groups in total. The molecule has 0 saturated heterocycles. The molecule has 6 nitrogen and oxygen atoms in total. The summed E-state index contributed by atoms with van der Waals surface area (Å²) in [4.78, 5) is 24.9. The van der Waals surface area contributed by atoms with E-state index in [4.69, 9.17) is 15.2 Å². The molecule has 0 aromatic heterocycles. The molecule has 6 heteroatoms. The topological polar surface area (TPSA) is 81.9 Å². The van der Waals surface area contributed by atoms with Crippen molar-refractivity contribution >= 4 is 17.6 Å². The van der Waals surface area contributed by atoms with Crippen LogP contribution in [0.4, 0.5) is 5.69 Å². The van der Waals surface area contributed by atoms with Crippen LogP contribution < -0.4 is 10.5 Å². The molecule has 1 rings (SSSR count). The van der Waals surface area contributed by atoms with Crippen molar-refractivity contribution in [2.24, 2.45) is 0 Å². The molecular formula is C13H18N2O4. The standard InChI is InChI=1S/C13H18N2O4/c1-8(12(16)15(2)3)19-13(17)9-6-5-7-10(18-4)11(9)14/h5-8H,14H2,1-4H3. The van der Waals surface area contributed by atoms with Crippen molar-refractivity contribution in [3.05, 3.63) is 23.8 Å². The Hall–Kier alpha value is -2.24. The molecule has 104 valence electrons. The van der Waals surface area contributed by atoms with E-state index in [0.717, 1.165) is 0 Å². The number of benzene rings is 1. The summed E-state index contributed by atoms with van der Waals surface area (Å²) in [5.41, 5.74) is 6.16. The second kappa shape index (κ2) is 6.08. The number of hydrogen-bond donors (Lipinski definition) is 1. The molecule has 1 aromatic rings. The summed E-state index contributed by atoms with van der Waals surface area (Å²) in [5, 5.41) is 0. The molecule has 1 atom stereocenters. The summed E-state index contributed by atoms with van der Waals surface area (Å²) in [6, 6.07) is 4.79. The van der Waals surface area contributed by atoms with E-state index in [1.165, 1.54) is 25.0 Å². The average Bonchev–Trinajstić information content (AvgIpc) is 2.37. The third kappa shape index (κ3) is 3.37. The number of methoxy groups -OCH3 is 1. The zero-order valence-corrected chi connectivity index (χ0v) is 11.5. The van der Waals surface area contributed by atoms with Gasteiger partial charge < -0.3 is 20.1 Å². The number of carbonyl (C=O) groups excluding carboxylic acids is 2. The van der Waals surface area contributed by atoms with E-state index in [0.29, 0.717) is 5.75 Å². The summed E-state index contributed by atoms with van der Waals surface area (Å²) in [6.07, 6.45) is -0.867. The predicted octanol–water partition coefficient (Wildman–Crippen LogP) is 0.911. The lowest BCUT2D eigenvalue weighted by atomic mass is 10.1. The van der Waals surface area contributed by atoms with Crippen molar-refractivity contribution in [1.29, 1.82) is 0 Å². The Morgan fingerprint density at radius 2 is 1.95 bits per heavy atom. The number of rotatable bonds is 4. The maximum Gasteiger partial charge on any atom is 0.341 e. The molecule has 1 unspecified atom stereocenters. The Balaban J connectivity index is 2.87. The minimum Gasteiger partial charge on any atom is -0.495 e. The van der Waals surface area contributed by atoms with E-state index in [1.807, 2.05) is 0 Å². The zero-order chi connectivity index (χ0) is 14.6. The van der Waals surface area contributed by atoms with Crippen LogP contribution in [0.25, 0.3) is 0 Å². The number of nitrogens with zero attached hydrogens (tertiary/aromatic N) is 1. The van der Waals surface area contributed by atoms with Gasteiger partial charge in [0.1, 0.15) is 5.75 Å². The lowest BCUT2D eigenvalue weighted by Gasteiger charge is -2.18. The first-order valence-electron chi connectivity index (χ1n) is 5.73. The summed E-state index contributed by atoms with van der Waals surface area (Å²) < 4.78 is 10.1. The van der Waals surface area contributed by atoms with Gasteiger partial charge in [0.2, 0.25) is 0 Å². The van der Waals surface area contributed by atoms with Gasteiger partial charge in [0.05, 0.1) is 18.4 Å². The summed E-state index contributed by atoms with van der Waals surface area (Å²) in [7, 11) is 4.64. The molecule has 1 amide bonds.